The number of aryl methyl sites for hydroxylation is 1. The van der Waals surface area contributed by atoms with E-state index < -0.39 is 5.79 Å². The van der Waals surface area contributed by atoms with Crippen LogP contribution < -0.4 is 0 Å². The maximum atomic E-state index is 11.8. The predicted octanol–water partition coefficient (Wildman–Crippen LogP) is 4.08. The smallest absolute Gasteiger partial charge is 0.337 e. The standard InChI is InChI=1S/C20H24O4/c1-3-19-8-9-20(23-10-11-24-20)13-16(19)6-4-14-12-15(18(21)22-2)5-7-17(14)19/h5,7,10-12,16H,3-4,6,8-9,13H2,1-2H3/t16-,19+/m0/s1. The molecule has 0 aromatic heterocycles. The first kappa shape index (κ1) is 15.6. The molecule has 0 amide bonds. The number of carbonyl (C=O) groups excluding carboxylic acids is 1. The van der Waals surface area contributed by atoms with Crippen LogP contribution in [0.4, 0.5) is 0 Å². The first-order valence-corrected chi connectivity index (χ1v) is 8.85. The Bertz CT molecular complexity index is 685. The molecule has 0 radical (unpaired) electrons. The van der Waals surface area contributed by atoms with E-state index in [2.05, 4.69) is 13.0 Å². The van der Waals surface area contributed by atoms with E-state index in [-0.39, 0.29) is 11.4 Å². The molecule has 0 unspecified atom stereocenters. The van der Waals surface area contributed by atoms with Crippen LogP contribution in [0.2, 0.25) is 0 Å². The Morgan fingerprint density at radius 2 is 2.08 bits per heavy atom. The fourth-order valence-corrected chi connectivity index (χ4v) is 5.09. The molecule has 1 heterocycles. The van der Waals surface area contributed by atoms with Crippen LogP contribution in [-0.4, -0.2) is 18.9 Å². The second-order valence-electron chi connectivity index (χ2n) is 7.23. The average molecular weight is 328 g/mol. The van der Waals surface area contributed by atoms with Crippen LogP contribution in [0.5, 0.6) is 0 Å². The van der Waals surface area contributed by atoms with Crippen molar-refractivity contribution in [3.8, 4) is 0 Å². The topological polar surface area (TPSA) is 44.8 Å². The van der Waals surface area contributed by atoms with Gasteiger partial charge in [-0.1, -0.05) is 13.0 Å². The Balaban J connectivity index is 1.69. The number of hydrogen-bond donors (Lipinski definition) is 0. The second kappa shape index (κ2) is 5.54. The van der Waals surface area contributed by atoms with Crippen LogP contribution >= 0.6 is 0 Å². The average Bonchev–Trinajstić information content (AvgIpc) is 3.08. The van der Waals surface area contributed by atoms with Crippen molar-refractivity contribution in [1.29, 1.82) is 0 Å². The summed E-state index contributed by atoms with van der Waals surface area (Å²) in [5.41, 5.74) is 3.54. The molecule has 0 saturated heterocycles. The highest BCUT2D eigenvalue weighted by atomic mass is 16.7. The number of esters is 1. The summed E-state index contributed by atoms with van der Waals surface area (Å²) in [6.07, 6.45) is 9.47. The molecule has 4 rings (SSSR count). The van der Waals surface area contributed by atoms with Gasteiger partial charge in [-0.05, 0) is 60.3 Å². The fourth-order valence-electron chi connectivity index (χ4n) is 5.09. The number of rotatable bonds is 2. The van der Waals surface area contributed by atoms with Gasteiger partial charge >= 0.3 is 5.97 Å². The molecular formula is C20H24O4. The molecule has 1 saturated carbocycles. The van der Waals surface area contributed by atoms with Crippen LogP contribution in [0, 0.1) is 5.92 Å². The summed E-state index contributed by atoms with van der Waals surface area (Å²) in [6.45, 7) is 2.28. The summed E-state index contributed by atoms with van der Waals surface area (Å²) >= 11 is 0. The molecule has 4 nitrogen and oxygen atoms in total. The lowest BCUT2D eigenvalue weighted by Gasteiger charge is -2.52. The van der Waals surface area contributed by atoms with Gasteiger partial charge in [-0.25, -0.2) is 4.79 Å². The van der Waals surface area contributed by atoms with Crippen LogP contribution in [-0.2, 0) is 26.0 Å². The Hall–Kier alpha value is -1.97. The van der Waals surface area contributed by atoms with Crippen LogP contribution in [0.3, 0.4) is 0 Å². The molecule has 4 heteroatoms. The summed E-state index contributed by atoms with van der Waals surface area (Å²) < 4.78 is 16.5. The second-order valence-corrected chi connectivity index (χ2v) is 7.23. The zero-order chi connectivity index (χ0) is 16.8. The summed E-state index contributed by atoms with van der Waals surface area (Å²) in [6, 6.07) is 6.10. The van der Waals surface area contributed by atoms with Crippen molar-refractivity contribution in [2.75, 3.05) is 7.11 Å². The number of methoxy groups -OCH3 is 1. The molecule has 1 aliphatic heterocycles. The molecular weight excluding hydrogens is 304 g/mol. The van der Waals surface area contributed by atoms with Gasteiger partial charge in [-0.15, -0.1) is 0 Å². The van der Waals surface area contributed by atoms with Gasteiger partial charge < -0.3 is 14.2 Å². The summed E-state index contributed by atoms with van der Waals surface area (Å²) in [7, 11) is 1.43. The predicted molar refractivity (Wildman–Crippen MR) is 89.5 cm³/mol. The maximum Gasteiger partial charge on any atom is 0.337 e. The first-order chi connectivity index (χ1) is 11.6. The SMILES string of the molecule is CC[C@@]12CCC3(C[C@@H]1CCc1cc(C(=O)OC)ccc12)OC=CO3. The van der Waals surface area contributed by atoms with E-state index in [0.717, 1.165) is 38.5 Å². The van der Waals surface area contributed by atoms with Crippen LogP contribution in [0.25, 0.3) is 0 Å². The Kier molecular flexibility index (Phi) is 3.59. The van der Waals surface area contributed by atoms with Crippen molar-refractivity contribution in [2.45, 2.75) is 56.7 Å². The van der Waals surface area contributed by atoms with Crippen molar-refractivity contribution in [3.05, 3.63) is 47.4 Å². The lowest BCUT2D eigenvalue weighted by molar-refractivity contribution is -0.188. The molecule has 2 atom stereocenters. The first-order valence-electron chi connectivity index (χ1n) is 8.85. The number of hydrogen-bond acceptors (Lipinski definition) is 4. The zero-order valence-corrected chi connectivity index (χ0v) is 14.3. The third-order valence-electron chi connectivity index (χ3n) is 6.37. The van der Waals surface area contributed by atoms with Gasteiger partial charge in [-0.3, -0.25) is 0 Å². The van der Waals surface area contributed by atoms with Gasteiger partial charge in [0.25, 0.3) is 0 Å². The van der Waals surface area contributed by atoms with Gasteiger partial charge in [0.05, 0.1) is 12.7 Å². The van der Waals surface area contributed by atoms with Gasteiger partial charge in [0, 0.05) is 12.8 Å². The fraction of sp³-hybridized carbons (Fsp3) is 0.550. The van der Waals surface area contributed by atoms with Gasteiger partial charge in [0.15, 0.2) is 0 Å². The summed E-state index contributed by atoms with van der Waals surface area (Å²) in [4.78, 5) is 11.8. The normalized spacial score (nSPS) is 29.3. The molecule has 1 aromatic rings. The van der Waals surface area contributed by atoms with Crippen molar-refractivity contribution >= 4 is 5.97 Å². The lowest BCUT2D eigenvalue weighted by Crippen LogP contribution is -2.50. The van der Waals surface area contributed by atoms with E-state index in [0.29, 0.717) is 11.5 Å². The van der Waals surface area contributed by atoms with E-state index >= 15 is 0 Å². The molecule has 128 valence electrons. The van der Waals surface area contributed by atoms with E-state index in [9.17, 15) is 4.79 Å². The van der Waals surface area contributed by atoms with Crippen molar-refractivity contribution < 1.29 is 19.0 Å². The Morgan fingerprint density at radius 3 is 2.79 bits per heavy atom. The van der Waals surface area contributed by atoms with E-state index in [1.807, 2.05) is 12.1 Å². The maximum absolute atomic E-state index is 11.8. The highest BCUT2D eigenvalue weighted by molar-refractivity contribution is 5.89. The molecule has 2 aliphatic carbocycles. The molecule has 3 aliphatic rings. The van der Waals surface area contributed by atoms with Crippen molar-refractivity contribution in [3.63, 3.8) is 0 Å². The molecule has 0 N–H and O–H groups in total. The van der Waals surface area contributed by atoms with Crippen LogP contribution in [0.1, 0.15) is 60.5 Å². The highest BCUT2D eigenvalue weighted by Crippen LogP contribution is 2.56. The largest absolute Gasteiger partial charge is 0.465 e. The number of benzene rings is 1. The third kappa shape index (κ3) is 2.15. The molecule has 1 spiro atoms. The van der Waals surface area contributed by atoms with E-state index in [1.165, 1.54) is 18.2 Å². The van der Waals surface area contributed by atoms with Crippen molar-refractivity contribution in [2.24, 2.45) is 5.92 Å². The van der Waals surface area contributed by atoms with E-state index in [1.54, 1.807) is 12.5 Å². The minimum atomic E-state index is -0.438. The monoisotopic (exact) mass is 328 g/mol. The molecule has 1 fully saturated rings. The number of carbonyl (C=O) groups is 1. The summed E-state index contributed by atoms with van der Waals surface area (Å²) in [5.74, 6) is -0.146. The lowest BCUT2D eigenvalue weighted by atomic mass is 9.55. The van der Waals surface area contributed by atoms with Crippen LogP contribution in [0.15, 0.2) is 30.7 Å². The van der Waals surface area contributed by atoms with Gasteiger partial charge in [0.1, 0.15) is 12.5 Å². The van der Waals surface area contributed by atoms with E-state index in [4.69, 9.17) is 14.2 Å². The highest BCUT2D eigenvalue weighted by Gasteiger charge is 2.53. The van der Waals surface area contributed by atoms with Crippen molar-refractivity contribution in [1.82, 2.24) is 0 Å². The third-order valence-corrected chi connectivity index (χ3v) is 6.37. The zero-order valence-electron chi connectivity index (χ0n) is 14.3. The van der Waals surface area contributed by atoms with Gasteiger partial charge in [0.2, 0.25) is 5.79 Å². The van der Waals surface area contributed by atoms with Gasteiger partial charge in [-0.2, -0.15) is 0 Å². The molecule has 0 bridgehead atoms. The number of fused-ring (bicyclic) bond motifs is 3. The minimum absolute atomic E-state index is 0.169. The Labute approximate surface area is 142 Å². The Morgan fingerprint density at radius 1 is 1.29 bits per heavy atom. The quantitative estimate of drug-likeness (QED) is 0.767. The number of ether oxygens (including phenoxy) is 3. The summed E-state index contributed by atoms with van der Waals surface area (Å²) in [5, 5.41) is 0. The molecule has 24 heavy (non-hydrogen) atoms. The molecule has 1 aromatic carbocycles. The minimum Gasteiger partial charge on any atom is -0.465 e.